The summed E-state index contributed by atoms with van der Waals surface area (Å²) in [5, 5.41) is 0. The van der Waals surface area contributed by atoms with Gasteiger partial charge in [-0.15, -0.1) is 0 Å². The smallest absolute Gasteiger partial charge is 0.334 e. The summed E-state index contributed by atoms with van der Waals surface area (Å²) in [5.41, 5.74) is 2.27. The first-order valence-corrected chi connectivity index (χ1v) is 6.60. The number of ether oxygens (including phenoxy) is 1. The second kappa shape index (κ2) is 3.47. The number of esters is 1. The summed E-state index contributed by atoms with van der Waals surface area (Å²) in [4.78, 5) is 11.7. The molecule has 0 amide bonds. The van der Waals surface area contributed by atoms with Crippen molar-refractivity contribution in [2.24, 2.45) is 17.3 Å². The minimum absolute atomic E-state index is 0.0292. The Morgan fingerprint density at radius 1 is 1.35 bits per heavy atom. The van der Waals surface area contributed by atoms with Gasteiger partial charge >= 0.3 is 5.97 Å². The van der Waals surface area contributed by atoms with E-state index in [1.807, 2.05) is 0 Å². The fourth-order valence-electron chi connectivity index (χ4n) is 4.19. The molecule has 0 aromatic carbocycles. The third-order valence-electron chi connectivity index (χ3n) is 5.14. The Hall–Kier alpha value is -1.05. The van der Waals surface area contributed by atoms with Gasteiger partial charge in [0.25, 0.3) is 0 Å². The molecule has 1 saturated heterocycles. The third kappa shape index (κ3) is 1.42. The van der Waals surface area contributed by atoms with Crippen LogP contribution in [0.15, 0.2) is 24.3 Å². The van der Waals surface area contributed by atoms with E-state index in [0.29, 0.717) is 16.9 Å². The molecule has 3 aliphatic rings. The largest absolute Gasteiger partial charge is 0.458 e. The molecule has 17 heavy (non-hydrogen) atoms. The molecule has 1 aliphatic heterocycles. The summed E-state index contributed by atoms with van der Waals surface area (Å²) in [6.45, 7) is 10.5. The van der Waals surface area contributed by atoms with Crippen LogP contribution < -0.4 is 0 Å². The molecule has 2 aliphatic carbocycles. The molecule has 3 fully saturated rings. The van der Waals surface area contributed by atoms with Crippen LogP contribution in [0.2, 0.25) is 0 Å². The van der Waals surface area contributed by atoms with Crippen LogP contribution in [0.3, 0.4) is 0 Å². The molecule has 92 valence electrons. The lowest BCUT2D eigenvalue weighted by Gasteiger charge is -2.50. The summed E-state index contributed by atoms with van der Waals surface area (Å²) in [5.74, 6) is 0.427. The number of hydrogen-bond acceptors (Lipinski definition) is 2. The molecule has 3 rings (SSSR count). The van der Waals surface area contributed by atoms with E-state index in [0.717, 1.165) is 12.8 Å². The van der Waals surface area contributed by atoms with Gasteiger partial charge in [0, 0.05) is 17.4 Å². The van der Waals surface area contributed by atoms with Crippen molar-refractivity contribution in [3.8, 4) is 0 Å². The highest BCUT2D eigenvalue weighted by Gasteiger charge is 2.54. The molecule has 2 saturated carbocycles. The zero-order valence-electron chi connectivity index (χ0n) is 10.5. The SMILES string of the molecule is C=C1C(=O)O[C@@H]2[C@@H]1CC[C@]1(C)CCCC(=C)[C@H]21. The van der Waals surface area contributed by atoms with Crippen LogP contribution in [-0.2, 0) is 9.53 Å². The second-order valence-electron chi connectivity index (χ2n) is 6.18. The van der Waals surface area contributed by atoms with Gasteiger partial charge < -0.3 is 4.74 Å². The highest BCUT2D eigenvalue weighted by molar-refractivity contribution is 5.91. The van der Waals surface area contributed by atoms with Gasteiger partial charge in [0.05, 0.1) is 0 Å². The highest BCUT2D eigenvalue weighted by atomic mass is 16.6. The molecule has 0 N–H and O–H groups in total. The summed E-state index contributed by atoms with van der Waals surface area (Å²) in [6.07, 6.45) is 5.82. The molecular formula is C15H20O2. The first kappa shape index (κ1) is 11.1. The third-order valence-corrected chi connectivity index (χ3v) is 5.14. The van der Waals surface area contributed by atoms with Crippen LogP contribution in [0.25, 0.3) is 0 Å². The zero-order valence-corrected chi connectivity index (χ0v) is 10.5. The van der Waals surface area contributed by atoms with E-state index in [1.165, 1.54) is 24.8 Å². The minimum atomic E-state index is -0.178. The van der Waals surface area contributed by atoms with Crippen LogP contribution in [0.4, 0.5) is 0 Å². The Morgan fingerprint density at radius 3 is 2.88 bits per heavy atom. The number of carbonyl (C=O) groups is 1. The van der Waals surface area contributed by atoms with Crippen molar-refractivity contribution < 1.29 is 9.53 Å². The lowest BCUT2D eigenvalue weighted by molar-refractivity contribution is -0.145. The van der Waals surface area contributed by atoms with Crippen molar-refractivity contribution in [3.63, 3.8) is 0 Å². The van der Waals surface area contributed by atoms with Crippen molar-refractivity contribution in [1.29, 1.82) is 0 Å². The summed E-state index contributed by atoms with van der Waals surface area (Å²) in [6, 6.07) is 0. The molecule has 2 heteroatoms. The zero-order chi connectivity index (χ0) is 12.2. The Kier molecular flexibility index (Phi) is 2.26. The topological polar surface area (TPSA) is 26.3 Å². The van der Waals surface area contributed by atoms with Gasteiger partial charge in [0.1, 0.15) is 6.10 Å². The molecule has 0 radical (unpaired) electrons. The van der Waals surface area contributed by atoms with Crippen molar-refractivity contribution >= 4 is 5.97 Å². The Labute approximate surface area is 103 Å². The van der Waals surface area contributed by atoms with E-state index in [-0.39, 0.29) is 18.0 Å². The maximum absolute atomic E-state index is 11.7. The van der Waals surface area contributed by atoms with E-state index in [2.05, 4.69) is 20.1 Å². The maximum Gasteiger partial charge on any atom is 0.334 e. The quantitative estimate of drug-likeness (QED) is 0.364. The molecular weight excluding hydrogens is 212 g/mol. The standard InChI is InChI=1S/C15H20O2/c1-9-5-4-7-15(3)8-6-11-10(2)14(16)17-13(11)12(9)15/h11-13H,1-2,4-8H2,3H3/t11-,12-,13-,15+/m1/s1. The van der Waals surface area contributed by atoms with E-state index < -0.39 is 0 Å². The molecule has 1 heterocycles. The fourth-order valence-corrected chi connectivity index (χ4v) is 4.19. The van der Waals surface area contributed by atoms with Crippen molar-refractivity contribution in [2.75, 3.05) is 0 Å². The Balaban J connectivity index is 1.98. The summed E-state index contributed by atoms with van der Waals surface area (Å²) >= 11 is 0. The van der Waals surface area contributed by atoms with Crippen molar-refractivity contribution in [2.45, 2.75) is 45.1 Å². The van der Waals surface area contributed by atoms with E-state index in [1.54, 1.807) is 0 Å². The van der Waals surface area contributed by atoms with Gasteiger partial charge in [-0.3, -0.25) is 0 Å². The van der Waals surface area contributed by atoms with Gasteiger partial charge in [-0.1, -0.05) is 25.7 Å². The fraction of sp³-hybridized carbons (Fsp3) is 0.667. The molecule has 0 aromatic rings. The monoisotopic (exact) mass is 232 g/mol. The first-order valence-electron chi connectivity index (χ1n) is 6.60. The number of hydrogen-bond donors (Lipinski definition) is 0. The average molecular weight is 232 g/mol. The molecule has 0 unspecified atom stereocenters. The Morgan fingerprint density at radius 2 is 2.12 bits per heavy atom. The number of carbonyl (C=O) groups excluding carboxylic acids is 1. The lowest BCUT2D eigenvalue weighted by Crippen LogP contribution is -2.46. The van der Waals surface area contributed by atoms with Crippen LogP contribution in [0.1, 0.15) is 39.0 Å². The molecule has 0 aromatic heterocycles. The van der Waals surface area contributed by atoms with Gasteiger partial charge in [-0.05, 0) is 37.5 Å². The highest BCUT2D eigenvalue weighted by Crippen LogP contribution is 2.57. The van der Waals surface area contributed by atoms with Crippen LogP contribution in [0, 0.1) is 17.3 Å². The molecule has 4 atom stereocenters. The normalized spacial score (nSPS) is 45.2. The van der Waals surface area contributed by atoms with Gasteiger partial charge in [0.15, 0.2) is 0 Å². The molecule has 2 nitrogen and oxygen atoms in total. The van der Waals surface area contributed by atoms with Gasteiger partial charge in [-0.25, -0.2) is 4.79 Å². The van der Waals surface area contributed by atoms with E-state index in [4.69, 9.17) is 4.74 Å². The van der Waals surface area contributed by atoms with Crippen LogP contribution in [0.5, 0.6) is 0 Å². The predicted octanol–water partition coefficient (Wildman–Crippen LogP) is 3.24. The second-order valence-corrected chi connectivity index (χ2v) is 6.18. The number of fused-ring (bicyclic) bond motifs is 3. The molecule has 0 spiro atoms. The van der Waals surface area contributed by atoms with Gasteiger partial charge in [0.2, 0.25) is 0 Å². The predicted molar refractivity (Wildman–Crippen MR) is 66.3 cm³/mol. The van der Waals surface area contributed by atoms with Crippen molar-refractivity contribution in [3.05, 3.63) is 24.3 Å². The van der Waals surface area contributed by atoms with E-state index >= 15 is 0 Å². The van der Waals surface area contributed by atoms with Gasteiger partial charge in [-0.2, -0.15) is 0 Å². The van der Waals surface area contributed by atoms with Crippen molar-refractivity contribution in [1.82, 2.24) is 0 Å². The molecule has 0 bridgehead atoms. The summed E-state index contributed by atoms with van der Waals surface area (Å²) < 4.78 is 5.58. The van der Waals surface area contributed by atoms with E-state index in [9.17, 15) is 4.79 Å². The summed E-state index contributed by atoms with van der Waals surface area (Å²) in [7, 11) is 0. The minimum Gasteiger partial charge on any atom is -0.458 e. The van der Waals surface area contributed by atoms with Crippen LogP contribution >= 0.6 is 0 Å². The first-order chi connectivity index (χ1) is 8.03. The lowest BCUT2D eigenvalue weighted by atomic mass is 9.55. The van der Waals surface area contributed by atoms with Crippen LogP contribution in [-0.4, -0.2) is 12.1 Å². The average Bonchev–Trinajstić information content (AvgIpc) is 2.54. The number of rotatable bonds is 0. The Bertz CT molecular complexity index is 409. The maximum atomic E-state index is 11.7.